The van der Waals surface area contributed by atoms with Crippen molar-refractivity contribution in [2.75, 3.05) is 51.8 Å². The molecule has 0 N–H and O–H groups in total. The molecule has 25 heavy (non-hydrogen) atoms. The second-order valence-electron chi connectivity index (χ2n) is 5.85. The first-order valence-electron chi connectivity index (χ1n) is 8.81. The number of ether oxygens (including phenoxy) is 1. The van der Waals surface area contributed by atoms with Crippen LogP contribution in [-0.4, -0.2) is 61.8 Å². The van der Waals surface area contributed by atoms with Crippen LogP contribution in [0.1, 0.15) is 25.5 Å². The molecule has 2 aromatic rings. The molecule has 6 heteroatoms. The Kier molecular flexibility index (Phi) is 7.11. The van der Waals surface area contributed by atoms with Crippen molar-refractivity contribution >= 4 is 16.9 Å². The van der Waals surface area contributed by atoms with Gasteiger partial charge >= 0.3 is 0 Å². The van der Waals surface area contributed by atoms with Gasteiger partial charge in [0.1, 0.15) is 11.6 Å². The number of nitriles is 1. The fraction of sp³-hybridized carbons (Fsp3) is 0.526. The van der Waals surface area contributed by atoms with Gasteiger partial charge in [-0.25, -0.2) is 9.97 Å². The van der Waals surface area contributed by atoms with Crippen molar-refractivity contribution in [1.29, 1.82) is 5.26 Å². The van der Waals surface area contributed by atoms with E-state index < -0.39 is 5.92 Å². The van der Waals surface area contributed by atoms with Gasteiger partial charge in [-0.3, -0.25) is 0 Å². The van der Waals surface area contributed by atoms with Crippen molar-refractivity contribution in [3.05, 3.63) is 30.0 Å². The number of aromatic nitrogens is 2. The molecule has 6 nitrogen and oxygen atoms in total. The molecule has 0 aliphatic carbocycles. The van der Waals surface area contributed by atoms with E-state index >= 15 is 0 Å². The van der Waals surface area contributed by atoms with E-state index in [1.54, 1.807) is 7.11 Å². The Morgan fingerprint density at radius 3 is 2.28 bits per heavy atom. The quantitative estimate of drug-likeness (QED) is 0.852. The Bertz CT molecular complexity index is 719. The van der Waals surface area contributed by atoms with Crippen LogP contribution in [-0.2, 0) is 4.74 Å². The summed E-state index contributed by atoms with van der Waals surface area (Å²) in [4.78, 5) is 14.1. The van der Waals surface area contributed by atoms with Gasteiger partial charge in [-0.1, -0.05) is 26.0 Å². The van der Waals surface area contributed by atoms with Gasteiger partial charge in [0.05, 0.1) is 23.7 Å². The Hall–Kier alpha value is -2.23. The van der Waals surface area contributed by atoms with Gasteiger partial charge in [-0.2, -0.15) is 5.26 Å². The molecule has 0 saturated carbocycles. The molecule has 1 atom stereocenters. The maximum atomic E-state index is 9.52. The fourth-order valence-electron chi connectivity index (χ4n) is 2.83. The number of rotatable bonds is 4. The largest absolute Gasteiger partial charge is 0.383 e. The predicted molar refractivity (Wildman–Crippen MR) is 101 cm³/mol. The average Bonchev–Trinajstić information content (AvgIpc) is 2.67. The Balaban J connectivity index is 0.00000109. The SMILES string of the molecule is CC.COCC(C#N)c1nc2ccccc2nc1N1CCN(C)CC1. The topological polar surface area (TPSA) is 65.3 Å². The zero-order valence-corrected chi connectivity index (χ0v) is 15.6. The first kappa shape index (κ1) is 19.1. The van der Waals surface area contributed by atoms with E-state index in [1.807, 2.05) is 38.1 Å². The minimum absolute atomic E-state index is 0.324. The van der Waals surface area contributed by atoms with Crippen LogP contribution in [0.3, 0.4) is 0 Å². The molecule has 1 unspecified atom stereocenters. The molecule has 1 aromatic heterocycles. The molecule has 134 valence electrons. The van der Waals surface area contributed by atoms with Crippen molar-refractivity contribution in [1.82, 2.24) is 14.9 Å². The fourth-order valence-corrected chi connectivity index (χ4v) is 2.83. The summed E-state index contributed by atoms with van der Waals surface area (Å²) in [6, 6.07) is 10.1. The summed E-state index contributed by atoms with van der Waals surface area (Å²) >= 11 is 0. The number of hydrogen-bond donors (Lipinski definition) is 0. The molecule has 1 saturated heterocycles. The summed E-state index contributed by atoms with van der Waals surface area (Å²) in [5.74, 6) is 0.409. The Morgan fingerprint density at radius 1 is 1.12 bits per heavy atom. The van der Waals surface area contributed by atoms with Crippen molar-refractivity contribution in [2.24, 2.45) is 0 Å². The maximum absolute atomic E-state index is 9.52. The Labute approximate surface area is 150 Å². The predicted octanol–water partition coefficient (Wildman–Crippen LogP) is 2.66. The molecule has 2 heterocycles. The molecule has 0 spiro atoms. The molecule has 1 fully saturated rings. The number of nitrogens with zero attached hydrogens (tertiary/aromatic N) is 5. The number of anilines is 1. The van der Waals surface area contributed by atoms with E-state index in [9.17, 15) is 5.26 Å². The van der Waals surface area contributed by atoms with E-state index in [1.165, 1.54) is 0 Å². The minimum Gasteiger partial charge on any atom is -0.383 e. The van der Waals surface area contributed by atoms with E-state index in [-0.39, 0.29) is 0 Å². The first-order valence-corrected chi connectivity index (χ1v) is 8.81. The summed E-state index contributed by atoms with van der Waals surface area (Å²) in [7, 11) is 3.72. The van der Waals surface area contributed by atoms with Crippen molar-refractivity contribution in [3.63, 3.8) is 0 Å². The third-order valence-electron chi connectivity index (χ3n) is 4.20. The molecule has 3 rings (SSSR count). The van der Waals surface area contributed by atoms with Gasteiger partial charge in [0.2, 0.25) is 0 Å². The lowest BCUT2D eigenvalue weighted by Gasteiger charge is -2.34. The van der Waals surface area contributed by atoms with Crippen LogP contribution >= 0.6 is 0 Å². The molecule has 0 radical (unpaired) electrons. The lowest BCUT2D eigenvalue weighted by Crippen LogP contribution is -2.45. The highest BCUT2D eigenvalue weighted by Gasteiger charge is 2.25. The highest BCUT2D eigenvalue weighted by Crippen LogP contribution is 2.27. The average molecular weight is 341 g/mol. The third-order valence-corrected chi connectivity index (χ3v) is 4.20. The molecular weight excluding hydrogens is 314 g/mol. The van der Waals surface area contributed by atoms with Crippen molar-refractivity contribution in [2.45, 2.75) is 19.8 Å². The zero-order chi connectivity index (χ0) is 18.2. The van der Waals surface area contributed by atoms with Crippen LogP contribution in [0.4, 0.5) is 5.82 Å². The zero-order valence-electron chi connectivity index (χ0n) is 15.6. The summed E-state index contributed by atoms with van der Waals surface area (Å²) in [5.41, 5.74) is 2.40. The van der Waals surface area contributed by atoms with Gasteiger partial charge in [-0.05, 0) is 19.2 Å². The number of piperazine rings is 1. The summed E-state index contributed by atoms with van der Waals surface area (Å²) < 4.78 is 5.20. The normalized spacial score (nSPS) is 16.0. The molecule has 0 bridgehead atoms. The summed E-state index contributed by atoms with van der Waals surface area (Å²) in [6.45, 7) is 8.07. The van der Waals surface area contributed by atoms with Crippen molar-refractivity contribution < 1.29 is 4.74 Å². The van der Waals surface area contributed by atoms with Gasteiger partial charge in [-0.15, -0.1) is 0 Å². The first-order chi connectivity index (χ1) is 12.2. The van der Waals surface area contributed by atoms with Crippen LogP contribution in [0.25, 0.3) is 11.0 Å². The number of para-hydroxylation sites is 2. The highest BCUT2D eigenvalue weighted by atomic mass is 16.5. The molecule has 1 aliphatic rings. The van der Waals surface area contributed by atoms with Crippen LogP contribution in [0.2, 0.25) is 0 Å². The number of likely N-dealkylation sites (N-methyl/N-ethyl adjacent to an activating group) is 1. The maximum Gasteiger partial charge on any atom is 0.152 e. The van der Waals surface area contributed by atoms with Gasteiger partial charge in [0.15, 0.2) is 5.82 Å². The van der Waals surface area contributed by atoms with Gasteiger partial charge < -0.3 is 14.5 Å². The smallest absolute Gasteiger partial charge is 0.152 e. The highest BCUT2D eigenvalue weighted by molar-refractivity contribution is 5.77. The van der Waals surface area contributed by atoms with E-state index in [4.69, 9.17) is 14.7 Å². The van der Waals surface area contributed by atoms with Gasteiger partial charge in [0.25, 0.3) is 0 Å². The second-order valence-corrected chi connectivity index (χ2v) is 5.85. The van der Waals surface area contributed by atoms with Crippen LogP contribution in [0.5, 0.6) is 0 Å². The molecule has 0 amide bonds. The molecule has 1 aliphatic heterocycles. The third kappa shape index (κ3) is 4.44. The lowest BCUT2D eigenvalue weighted by atomic mass is 10.1. The van der Waals surface area contributed by atoms with Gasteiger partial charge in [0, 0.05) is 33.3 Å². The molecule has 1 aromatic carbocycles. The molecular formula is C19H27N5O. The van der Waals surface area contributed by atoms with Crippen LogP contribution in [0.15, 0.2) is 24.3 Å². The summed E-state index contributed by atoms with van der Waals surface area (Å²) in [6.07, 6.45) is 0. The second kappa shape index (κ2) is 9.30. The van der Waals surface area contributed by atoms with E-state index in [0.717, 1.165) is 48.7 Å². The van der Waals surface area contributed by atoms with E-state index in [0.29, 0.717) is 6.61 Å². The Morgan fingerprint density at radius 2 is 1.72 bits per heavy atom. The van der Waals surface area contributed by atoms with Crippen molar-refractivity contribution in [3.8, 4) is 6.07 Å². The lowest BCUT2D eigenvalue weighted by molar-refractivity contribution is 0.192. The number of benzene rings is 1. The van der Waals surface area contributed by atoms with Crippen LogP contribution < -0.4 is 4.90 Å². The number of hydrogen-bond acceptors (Lipinski definition) is 6. The van der Waals surface area contributed by atoms with E-state index in [2.05, 4.69) is 22.9 Å². The standard InChI is InChI=1S/C17H21N5O.C2H6/c1-21-7-9-22(10-8-21)17-16(13(11-18)12-23-2)19-14-5-3-4-6-15(14)20-17;1-2/h3-6,13H,7-10,12H2,1-2H3;1-2H3. The minimum atomic E-state index is -0.410. The van der Waals surface area contributed by atoms with Crippen LogP contribution in [0, 0.1) is 11.3 Å². The monoisotopic (exact) mass is 341 g/mol. The number of fused-ring (bicyclic) bond motifs is 1. The summed E-state index contributed by atoms with van der Waals surface area (Å²) in [5, 5.41) is 9.52. The number of methoxy groups -OCH3 is 1.